The Morgan fingerprint density at radius 1 is 1.08 bits per heavy atom. The third-order valence-electron chi connectivity index (χ3n) is 4.18. The van der Waals surface area contributed by atoms with Gasteiger partial charge in [0.2, 0.25) is 0 Å². The number of hydrogen-bond acceptors (Lipinski definition) is 6. The lowest BCUT2D eigenvalue weighted by Gasteiger charge is -2.10. The van der Waals surface area contributed by atoms with Crippen molar-refractivity contribution < 1.29 is 23.8 Å². The number of rotatable bonds is 5. The molecule has 0 spiro atoms. The standard InChI is InChI=1S/C18H19NO5S/c1-22-12-8-7-10(9-13(12)23-2)16(20)19-17-15(18(21)24-3)11-5-4-6-14(11)25-17/h7-9H,4-6H2,1-3H3,(H,19,20). The average Bonchev–Trinajstić information content (AvgIpc) is 3.21. The Morgan fingerprint density at radius 2 is 1.84 bits per heavy atom. The zero-order valence-corrected chi connectivity index (χ0v) is 15.1. The predicted molar refractivity (Wildman–Crippen MR) is 95.2 cm³/mol. The van der Waals surface area contributed by atoms with Gasteiger partial charge in [0.25, 0.3) is 5.91 Å². The van der Waals surface area contributed by atoms with Crippen LogP contribution in [0, 0.1) is 0 Å². The molecule has 3 rings (SSSR count). The first kappa shape index (κ1) is 17.3. The molecular weight excluding hydrogens is 342 g/mol. The van der Waals surface area contributed by atoms with Gasteiger partial charge in [0.15, 0.2) is 11.5 Å². The van der Waals surface area contributed by atoms with Crippen molar-refractivity contribution in [3.05, 3.63) is 39.8 Å². The van der Waals surface area contributed by atoms with Crippen molar-refractivity contribution in [3.8, 4) is 11.5 Å². The number of nitrogens with one attached hydrogen (secondary N) is 1. The number of esters is 1. The fourth-order valence-corrected chi connectivity index (χ4v) is 4.24. The zero-order chi connectivity index (χ0) is 18.0. The van der Waals surface area contributed by atoms with E-state index < -0.39 is 5.97 Å². The second kappa shape index (κ2) is 7.14. The highest BCUT2D eigenvalue weighted by Gasteiger charge is 2.28. The van der Waals surface area contributed by atoms with Crippen molar-refractivity contribution in [1.29, 1.82) is 0 Å². The molecule has 7 heteroatoms. The van der Waals surface area contributed by atoms with Crippen LogP contribution in [0.25, 0.3) is 0 Å². The summed E-state index contributed by atoms with van der Waals surface area (Å²) in [5.74, 6) is 0.287. The largest absolute Gasteiger partial charge is 0.493 e. The van der Waals surface area contributed by atoms with Crippen molar-refractivity contribution in [2.75, 3.05) is 26.6 Å². The molecule has 0 fully saturated rings. The van der Waals surface area contributed by atoms with Crippen LogP contribution in [0.4, 0.5) is 5.00 Å². The van der Waals surface area contributed by atoms with E-state index in [-0.39, 0.29) is 5.91 Å². The van der Waals surface area contributed by atoms with Gasteiger partial charge < -0.3 is 19.5 Å². The molecular formula is C18H19NO5S. The van der Waals surface area contributed by atoms with Crippen LogP contribution < -0.4 is 14.8 Å². The number of carbonyl (C=O) groups excluding carboxylic acids is 2. The number of anilines is 1. The van der Waals surface area contributed by atoms with Crippen molar-refractivity contribution >= 4 is 28.2 Å². The minimum absolute atomic E-state index is 0.314. The fourth-order valence-electron chi connectivity index (χ4n) is 2.96. The first-order chi connectivity index (χ1) is 12.1. The maximum Gasteiger partial charge on any atom is 0.341 e. The van der Waals surface area contributed by atoms with E-state index in [9.17, 15) is 9.59 Å². The first-order valence-electron chi connectivity index (χ1n) is 7.85. The lowest BCUT2D eigenvalue weighted by atomic mass is 10.1. The number of carbonyl (C=O) groups is 2. The van der Waals surface area contributed by atoms with Crippen LogP contribution in [0.3, 0.4) is 0 Å². The van der Waals surface area contributed by atoms with Gasteiger partial charge in [-0.15, -0.1) is 11.3 Å². The van der Waals surface area contributed by atoms with E-state index in [1.165, 1.54) is 32.7 Å². The lowest BCUT2D eigenvalue weighted by Crippen LogP contribution is -2.14. The van der Waals surface area contributed by atoms with E-state index in [4.69, 9.17) is 14.2 Å². The maximum atomic E-state index is 12.6. The van der Waals surface area contributed by atoms with Crippen LogP contribution >= 0.6 is 11.3 Å². The summed E-state index contributed by atoms with van der Waals surface area (Å²) in [4.78, 5) is 25.9. The molecule has 2 aromatic rings. The smallest absolute Gasteiger partial charge is 0.341 e. The summed E-state index contributed by atoms with van der Waals surface area (Å²) < 4.78 is 15.3. The molecule has 0 radical (unpaired) electrons. The molecule has 1 amide bonds. The Balaban J connectivity index is 1.90. The van der Waals surface area contributed by atoms with Crippen LogP contribution in [0.1, 0.15) is 37.6 Å². The number of fused-ring (bicyclic) bond motifs is 1. The summed E-state index contributed by atoms with van der Waals surface area (Å²) in [7, 11) is 4.40. The topological polar surface area (TPSA) is 73.9 Å². The van der Waals surface area contributed by atoms with Crippen molar-refractivity contribution in [3.63, 3.8) is 0 Å². The molecule has 1 aromatic carbocycles. The summed E-state index contributed by atoms with van der Waals surface area (Å²) in [5.41, 5.74) is 1.90. The first-order valence-corrected chi connectivity index (χ1v) is 8.67. The van der Waals surface area contributed by atoms with E-state index in [1.54, 1.807) is 18.2 Å². The number of methoxy groups -OCH3 is 3. The summed E-state index contributed by atoms with van der Waals surface area (Å²) in [6, 6.07) is 4.92. The van der Waals surface area contributed by atoms with Gasteiger partial charge in [-0.05, 0) is 43.0 Å². The maximum absolute atomic E-state index is 12.6. The van der Waals surface area contributed by atoms with E-state index >= 15 is 0 Å². The molecule has 0 saturated heterocycles. The normalized spacial score (nSPS) is 12.4. The van der Waals surface area contributed by atoms with Crippen molar-refractivity contribution in [2.24, 2.45) is 0 Å². The van der Waals surface area contributed by atoms with Gasteiger partial charge in [0.1, 0.15) is 5.00 Å². The van der Waals surface area contributed by atoms with E-state index in [1.807, 2.05) is 0 Å². The number of hydrogen-bond donors (Lipinski definition) is 1. The number of ether oxygens (including phenoxy) is 3. The Bertz CT molecular complexity index is 827. The van der Waals surface area contributed by atoms with Crippen LogP contribution in [-0.4, -0.2) is 33.2 Å². The fraction of sp³-hybridized carbons (Fsp3) is 0.333. The number of amides is 1. The van der Waals surface area contributed by atoms with Gasteiger partial charge in [-0.25, -0.2) is 4.79 Å². The molecule has 1 aromatic heterocycles. The van der Waals surface area contributed by atoms with Crippen molar-refractivity contribution in [1.82, 2.24) is 0 Å². The molecule has 0 aliphatic heterocycles. The number of aryl methyl sites for hydroxylation is 1. The number of benzene rings is 1. The van der Waals surface area contributed by atoms with Gasteiger partial charge in [0, 0.05) is 10.4 Å². The third-order valence-corrected chi connectivity index (χ3v) is 5.39. The molecule has 25 heavy (non-hydrogen) atoms. The zero-order valence-electron chi connectivity index (χ0n) is 14.3. The van der Waals surface area contributed by atoms with Gasteiger partial charge in [-0.3, -0.25) is 4.79 Å². The quantitative estimate of drug-likeness (QED) is 0.827. The van der Waals surface area contributed by atoms with Crippen molar-refractivity contribution in [2.45, 2.75) is 19.3 Å². The Kier molecular flexibility index (Phi) is 4.94. The second-order valence-electron chi connectivity index (χ2n) is 5.58. The SMILES string of the molecule is COC(=O)c1c(NC(=O)c2ccc(OC)c(OC)c2)sc2c1CCC2. The van der Waals surface area contributed by atoms with Crippen LogP contribution in [0.5, 0.6) is 11.5 Å². The van der Waals surface area contributed by atoms with E-state index in [0.717, 1.165) is 29.7 Å². The molecule has 1 heterocycles. The van der Waals surface area contributed by atoms with E-state index in [2.05, 4.69) is 5.32 Å². The molecule has 6 nitrogen and oxygen atoms in total. The minimum atomic E-state index is -0.415. The van der Waals surface area contributed by atoms with E-state index in [0.29, 0.717) is 27.6 Å². The Labute approximate surface area is 149 Å². The molecule has 0 unspecified atom stereocenters. The molecule has 0 bridgehead atoms. The Morgan fingerprint density at radius 3 is 2.52 bits per heavy atom. The van der Waals surface area contributed by atoms with Gasteiger partial charge >= 0.3 is 5.97 Å². The highest BCUT2D eigenvalue weighted by atomic mass is 32.1. The van der Waals surface area contributed by atoms with Crippen LogP contribution in [0.15, 0.2) is 18.2 Å². The van der Waals surface area contributed by atoms with Gasteiger partial charge in [-0.2, -0.15) is 0 Å². The van der Waals surface area contributed by atoms with Crippen LogP contribution in [-0.2, 0) is 17.6 Å². The molecule has 1 aliphatic rings. The second-order valence-corrected chi connectivity index (χ2v) is 6.68. The monoisotopic (exact) mass is 361 g/mol. The lowest BCUT2D eigenvalue weighted by molar-refractivity contribution is 0.0601. The summed E-state index contributed by atoms with van der Waals surface area (Å²) in [6.07, 6.45) is 2.79. The highest BCUT2D eigenvalue weighted by Crippen LogP contribution is 2.39. The highest BCUT2D eigenvalue weighted by molar-refractivity contribution is 7.17. The van der Waals surface area contributed by atoms with Gasteiger partial charge in [-0.1, -0.05) is 0 Å². The third kappa shape index (κ3) is 3.19. The molecule has 1 N–H and O–H groups in total. The molecule has 0 saturated carbocycles. The predicted octanol–water partition coefficient (Wildman–Crippen LogP) is 3.29. The molecule has 0 atom stereocenters. The summed E-state index contributed by atoms with van der Waals surface area (Å²) in [6.45, 7) is 0. The summed E-state index contributed by atoms with van der Waals surface area (Å²) in [5, 5.41) is 3.38. The Hall–Kier alpha value is -2.54. The molecule has 132 valence electrons. The number of thiophene rings is 1. The van der Waals surface area contributed by atoms with Crippen LogP contribution in [0.2, 0.25) is 0 Å². The molecule has 1 aliphatic carbocycles. The minimum Gasteiger partial charge on any atom is -0.493 e. The average molecular weight is 361 g/mol. The summed E-state index contributed by atoms with van der Waals surface area (Å²) >= 11 is 1.44. The van der Waals surface area contributed by atoms with Gasteiger partial charge in [0.05, 0.1) is 26.9 Å².